The molecule has 0 amide bonds. The predicted molar refractivity (Wildman–Crippen MR) is 87.1 cm³/mol. The molecule has 1 aliphatic carbocycles. The van der Waals surface area contributed by atoms with Crippen LogP contribution in [0, 0.1) is 11.3 Å². The third-order valence-electron chi connectivity index (χ3n) is 4.11. The number of nitriles is 1. The van der Waals surface area contributed by atoms with E-state index in [-0.39, 0.29) is 22.3 Å². The second-order valence-corrected chi connectivity index (χ2v) is 7.40. The molecule has 1 heterocycles. The van der Waals surface area contributed by atoms with Gasteiger partial charge in [0.1, 0.15) is 17.9 Å². The lowest BCUT2D eigenvalue weighted by Gasteiger charge is -2.09. The van der Waals surface area contributed by atoms with E-state index in [1.807, 2.05) is 6.07 Å². The van der Waals surface area contributed by atoms with Gasteiger partial charge in [-0.1, -0.05) is 25.0 Å². The zero-order valence-electron chi connectivity index (χ0n) is 12.8. The van der Waals surface area contributed by atoms with Gasteiger partial charge in [-0.15, -0.1) is 0 Å². The molecular weight excluding hydrogens is 328 g/mol. The van der Waals surface area contributed by atoms with E-state index in [1.54, 1.807) is 10.9 Å². The van der Waals surface area contributed by atoms with E-state index in [4.69, 9.17) is 0 Å². The molecule has 2 aromatic rings. The third kappa shape index (κ3) is 3.16. The molecule has 124 valence electrons. The highest BCUT2D eigenvalue weighted by molar-refractivity contribution is 7.92. The molecule has 1 aromatic heterocycles. The maximum atomic E-state index is 12.4. The van der Waals surface area contributed by atoms with Crippen molar-refractivity contribution in [2.24, 2.45) is 0 Å². The lowest BCUT2D eigenvalue weighted by atomic mass is 10.2. The summed E-state index contributed by atoms with van der Waals surface area (Å²) < 4.78 is 28.9. The van der Waals surface area contributed by atoms with Crippen molar-refractivity contribution in [3.8, 4) is 6.07 Å². The minimum atomic E-state index is -3.87. The summed E-state index contributed by atoms with van der Waals surface area (Å²) in [6.45, 7) is 0. The summed E-state index contributed by atoms with van der Waals surface area (Å²) in [5, 5.41) is 13.5. The first-order chi connectivity index (χ1) is 11.5. The van der Waals surface area contributed by atoms with Crippen LogP contribution in [-0.4, -0.2) is 24.5 Å². The first-order valence-electron chi connectivity index (χ1n) is 7.61. The minimum absolute atomic E-state index is 0.00686. The highest BCUT2D eigenvalue weighted by Gasteiger charge is 2.23. The van der Waals surface area contributed by atoms with Crippen molar-refractivity contribution in [3.63, 3.8) is 0 Å². The number of hydrogen-bond acceptors (Lipinski definition) is 5. The standard InChI is InChI=1S/C16H16N4O3S/c17-9-13-10-20(14-3-1-2-4-14)18-16(13)19-24(22,23)15-7-5-12(11-21)6-8-15/h5-8,10-11,14H,1-4H2,(H,18,19). The smallest absolute Gasteiger partial charge is 0.263 e. The van der Waals surface area contributed by atoms with Crippen LogP contribution >= 0.6 is 0 Å². The van der Waals surface area contributed by atoms with E-state index in [0.29, 0.717) is 11.8 Å². The summed E-state index contributed by atoms with van der Waals surface area (Å²) in [5.41, 5.74) is 0.576. The Hall–Kier alpha value is -2.66. The number of aldehydes is 1. The van der Waals surface area contributed by atoms with Crippen molar-refractivity contribution in [3.05, 3.63) is 41.6 Å². The van der Waals surface area contributed by atoms with E-state index in [0.717, 1.165) is 25.7 Å². The number of carbonyl (C=O) groups is 1. The maximum Gasteiger partial charge on any atom is 0.263 e. The fourth-order valence-corrected chi connectivity index (χ4v) is 3.83. The summed E-state index contributed by atoms with van der Waals surface area (Å²) in [6.07, 6.45) is 6.40. The lowest BCUT2D eigenvalue weighted by Crippen LogP contribution is -2.15. The van der Waals surface area contributed by atoms with Crippen LogP contribution in [0.5, 0.6) is 0 Å². The first-order valence-corrected chi connectivity index (χ1v) is 9.09. The molecule has 0 spiro atoms. The largest absolute Gasteiger partial charge is 0.298 e. The molecule has 8 heteroatoms. The summed E-state index contributed by atoms with van der Waals surface area (Å²) in [7, 11) is -3.87. The van der Waals surface area contributed by atoms with E-state index in [9.17, 15) is 18.5 Å². The van der Waals surface area contributed by atoms with Crippen molar-refractivity contribution in [1.29, 1.82) is 5.26 Å². The van der Waals surface area contributed by atoms with Gasteiger partial charge in [-0.25, -0.2) is 8.42 Å². The van der Waals surface area contributed by atoms with Crippen LogP contribution in [0.4, 0.5) is 5.82 Å². The van der Waals surface area contributed by atoms with Crippen molar-refractivity contribution in [2.45, 2.75) is 36.6 Å². The molecule has 24 heavy (non-hydrogen) atoms. The van der Waals surface area contributed by atoms with Crippen LogP contribution in [0.1, 0.15) is 47.6 Å². The molecule has 0 unspecified atom stereocenters. The fraction of sp³-hybridized carbons (Fsp3) is 0.312. The number of carbonyl (C=O) groups excluding carboxylic acids is 1. The van der Waals surface area contributed by atoms with Crippen molar-refractivity contribution in [2.75, 3.05) is 4.72 Å². The Kier molecular flexibility index (Phi) is 4.36. The number of rotatable bonds is 5. The second-order valence-electron chi connectivity index (χ2n) is 5.71. The van der Waals surface area contributed by atoms with Gasteiger partial charge in [-0.3, -0.25) is 14.2 Å². The Morgan fingerprint density at radius 3 is 2.50 bits per heavy atom. The summed E-state index contributed by atoms with van der Waals surface area (Å²) >= 11 is 0. The average molecular weight is 344 g/mol. The maximum absolute atomic E-state index is 12.4. The van der Waals surface area contributed by atoms with E-state index in [1.165, 1.54) is 24.3 Å². The summed E-state index contributed by atoms with van der Waals surface area (Å²) in [4.78, 5) is 10.7. The highest BCUT2D eigenvalue weighted by atomic mass is 32.2. The molecule has 0 aliphatic heterocycles. The molecule has 3 rings (SSSR count). The number of nitrogens with one attached hydrogen (secondary N) is 1. The lowest BCUT2D eigenvalue weighted by molar-refractivity contribution is 0.112. The number of sulfonamides is 1. The monoisotopic (exact) mass is 344 g/mol. The van der Waals surface area contributed by atoms with Gasteiger partial charge in [0, 0.05) is 11.8 Å². The summed E-state index contributed by atoms with van der Waals surface area (Å²) in [6, 6.07) is 7.71. The SMILES string of the molecule is N#Cc1cn(C2CCCC2)nc1NS(=O)(=O)c1ccc(C=O)cc1. The quantitative estimate of drug-likeness (QED) is 0.839. The number of benzene rings is 1. The Morgan fingerprint density at radius 2 is 1.92 bits per heavy atom. The van der Waals surface area contributed by atoms with Gasteiger partial charge in [0.25, 0.3) is 10.0 Å². The molecule has 7 nitrogen and oxygen atoms in total. The van der Waals surface area contributed by atoms with Crippen molar-refractivity contribution in [1.82, 2.24) is 9.78 Å². The molecule has 0 atom stereocenters. The molecule has 1 fully saturated rings. The Bertz CT molecular complexity index is 888. The number of hydrogen-bond donors (Lipinski definition) is 1. The third-order valence-corrected chi connectivity index (χ3v) is 5.46. The van der Waals surface area contributed by atoms with Crippen molar-refractivity contribution < 1.29 is 13.2 Å². The topological polar surface area (TPSA) is 105 Å². The van der Waals surface area contributed by atoms with Gasteiger partial charge in [-0.05, 0) is 25.0 Å². The Balaban J connectivity index is 1.88. The van der Waals surface area contributed by atoms with Gasteiger partial charge < -0.3 is 0 Å². The van der Waals surface area contributed by atoms with Gasteiger partial charge >= 0.3 is 0 Å². The van der Waals surface area contributed by atoms with Crippen LogP contribution in [0.25, 0.3) is 0 Å². The van der Waals surface area contributed by atoms with Crippen LogP contribution in [0.3, 0.4) is 0 Å². The van der Waals surface area contributed by atoms with E-state index in [2.05, 4.69) is 9.82 Å². The molecule has 1 N–H and O–H groups in total. The van der Waals surface area contributed by atoms with Crippen LogP contribution in [-0.2, 0) is 10.0 Å². The van der Waals surface area contributed by atoms with Gasteiger partial charge in [-0.2, -0.15) is 10.4 Å². The second kappa shape index (κ2) is 6.45. The summed E-state index contributed by atoms with van der Waals surface area (Å²) in [5.74, 6) is 0.0314. The van der Waals surface area contributed by atoms with E-state index >= 15 is 0 Å². The number of nitrogens with zero attached hydrogens (tertiary/aromatic N) is 3. The van der Waals surface area contributed by atoms with Gasteiger partial charge in [0.2, 0.25) is 0 Å². The first kappa shape index (κ1) is 16.2. The van der Waals surface area contributed by atoms with E-state index < -0.39 is 10.0 Å². The zero-order valence-corrected chi connectivity index (χ0v) is 13.7. The zero-order chi connectivity index (χ0) is 17.2. The van der Waals surface area contributed by atoms with Gasteiger partial charge in [0.15, 0.2) is 5.82 Å². The Labute approximate surface area is 140 Å². The average Bonchev–Trinajstić information content (AvgIpc) is 3.24. The minimum Gasteiger partial charge on any atom is -0.298 e. The normalized spacial score (nSPS) is 15.1. The Morgan fingerprint density at radius 1 is 1.25 bits per heavy atom. The number of anilines is 1. The van der Waals surface area contributed by atoms with Crippen molar-refractivity contribution >= 4 is 22.1 Å². The number of aromatic nitrogens is 2. The molecule has 1 aliphatic rings. The fourth-order valence-electron chi connectivity index (χ4n) is 2.82. The molecule has 0 saturated heterocycles. The molecule has 0 bridgehead atoms. The van der Waals surface area contributed by atoms with Crippen LogP contribution < -0.4 is 4.72 Å². The molecule has 0 radical (unpaired) electrons. The van der Waals surface area contributed by atoms with Crippen LogP contribution in [0.15, 0.2) is 35.4 Å². The highest BCUT2D eigenvalue weighted by Crippen LogP contribution is 2.30. The molecular formula is C16H16N4O3S. The molecule has 1 saturated carbocycles. The van der Waals surface area contributed by atoms with Gasteiger partial charge in [0.05, 0.1) is 10.9 Å². The predicted octanol–water partition coefficient (Wildman–Crippen LogP) is 2.48. The van der Waals surface area contributed by atoms with Crippen LogP contribution in [0.2, 0.25) is 0 Å². The molecule has 1 aromatic carbocycles.